The summed E-state index contributed by atoms with van der Waals surface area (Å²) in [6.45, 7) is 6.35. The fourth-order valence-electron chi connectivity index (χ4n) is 2.14. The number of rotatable bonds is 4. The number of nitrogens with zero attached hydrogens (tertiary/aromatic N) is 3. The van der Waals surface area contributed by atoms with Gasteiger partial charge in [-0.3, -0.25) is 4.79 Å². The van der Waals surface area contributed by atoms with Crippen LogP contribution in [-0.4, -0.2) is 14.6 Å². The summed E-state index contributed by atoms with van der Waals surface area (Å²) in [5.74, 6) is 0.820. The lowest BCUT2D eigenvalue weighted by molar-refractivity contribution is 0.299. The molecule has 22 heavy (non-hydrogen) atoms. The molecular weight excluding hydrogens is 298 g/mol. The second-order valence-corrected chi connectivity index (χ2v) is 6.16. The van der Waals surface area contributed by atoms with E-state index in [2.05, 4.69) is 10.1 Å². The molecule has 0 fully saturated rings. The van der Waals surface area contributed by atoms with Crippen LogP contribution in [0.5, 0.6) is 5.75 Å². The first-order valence-corrected chi connectivity index (χ1v) is 7.98. The SMILES string of the molecule is CCc1nn2c(=O)cc(COc3cccc(C)c3C)nc2s1. The fourth-order valence-corrected chi connectivity index (χ4v) is 3.00. The first-order valence-electron chi connectivity index (χ1n) is 7.16. The van der Waals surface area contributed by atoms with Gasteiger partial charge in [0.25, 0.3) is 5.56 Å². The van der Waals surface area contributed by atoms with Gasteiger partial charge >= 0.3 is 0 Å². The monoisotopic (exact) mass is 315 g/mol. The van der Waals surface area contributed by atoms with E-state index in [0.29, 0.717) is 10.7 Å². The van der Waals surface area contributed by atoms with E-state index >= 15 is 0 Å². The predicted molar refractivity (Wildman–Crippen MR) is 86.8 cm³/mol. The first kappa shape index (κ1) is 14.7. The highest BCUT2D eigenvalue weighted by Gasteiger charge is 2.09. The molecule has 0 spiro atoms. The van der Waals surface area contributed by atoms with Gasteiger partial charge in [0.15, 0.2) is 0 Å². The minimum atomic E-state index is -0.166. The smallest absolute Gasteiger partial charge is 0.275 e. The third-order valence-electron chi connectivity index (χ3n) is 3.57. The molecule has 0 saturated carbocycles. The average Bonchev–Trinajstić information content (AvgIpc) is 2.92. The quantitative estimate of drug-likeness (QED) is 0.743. The van der Waals surface area contributed by atoms with Crippen molar-refractivity contribution >= 4 is 16.3 Å². The van der Waals surface area contributed by atoms with Gasteiger partial charge in [0.2, 0.25) is 4.96 Å². The molecule has 6 heteroatoms. The summed E-state index contributed by atoms with van der Waals surface area (Å²) in [5, 5.41) is 5.14. The van der Waals surface area contributed by atoms with Gasteiger partial charge < -0.3 is 4.74 Å². The molecule has 0 aliphatic heterocycles. The van der Waals surface area contributed by atoms with Crippen molar-refractivity contribution in [1.29, 1.82) is 0 Å². The van der Waals surface area contributed by atoms with E-state index in [1.165, 1.54) is 27.5 Å². The number of benzene rings is 1. The maximum atomic E-state index is 12.1. The number of ether oxygens (including phenoxy) is 1. The highest BCUT2D eigenvalue weighted by Crippen LogP contribution is 2.21. The number of aryl methyl sites for hydroxylation is 2. The van der Waals surface area contributed by atoms with Gasteiger partial charge in [-0.15, -0.1) is 0 Å². The molecular formula is C16H17N3O2S. The molecule has 5 nitrogen and oxygen atoms in total. The van der Waals surface area contributed by atoms with Crippen LogP contribution in [0.3, 0.4) is 0 Å². The van der Waals surface area contributed by atoms with Crippen molar-refractivity contribution in [2.45, 2.75) is 33.8 Å². The molecule has 0 unspecified atom stereocenters. The highest BCUT2D eigenvalue weighted by atomic mass is 32.1. The minimum Gasteiger partial charge on any atom is -0.487 e. The average molecular weight is 315 g/mol. The molecule has 0 aliphatic rings. The molecule has 3 aromatic rings. The van der Waals surface area contributed by atoms with Gasteiger partial charge in [-0.05, 0) is 37.5 Å². The van der Waals surface area contributed by atoms with E-state index in [1.807, 2.05) is 39.0 Å². The van der Waals surface area contributed by atoms with Crippen LogP contribution in [0.4, 0.5) is 0 Å². The Balaban J connectivity index is 1.88. The molecule has 114 valence electrons. The van der Waals surface area contributed by atoms with Crippen molar-refractivity contribution in [2.75, 3.05) is 0 Å². The van der Waals surface area contributed by atoms with Crippen LogP contribution in [0.2, 0.25) is 0 Å². The Morgan fingerprint density at radius 1 is 1.32 bits per heavy atom. The lowest BCUT2D eigenvalue weighted by Crippen LogP contribution is -2.16. The van der Waals surface area contributed by atoms with Crippen LogP contribution in [0.15, 0.2) is 29.1 Å². The van der Waals surface area contributed by atoms with Gasteiger partial charge in [0.05, 0.1) is 5.69 Å². The maximum absolute atomic E-state index is 12.1. The summed E-state index contributed by atoms with van der Waals surface area (Å²) >= 11 is 1.44. The Morgan fingerprint density at radius 3 is 2.91 bits per heavy atom. The van der Waals surface area contributed by atoms with Crippen LogP contribution < -0.4 is 10.3 Å². The van der Waals surface area contributed by atoms with Crippen molar-refractivity contribution in [3.05, 3.63) is 56.4 Å². The van der Waals surface area contributed by atoms with Crippen molar-refractivity contribution in [1.82, 2.24) is 14.6 Å². The summed E-state index contributed by atoms with van der Waals surface area (Å²) in [6.07, 6.45) is 0.793. The van der Waals surface area contributed by atoms with E-state index in [9.17, 15) is 4.79 Å². The third kappa shape index (κ3) is 2.74. The Hall–Kier alpha value is -2.21. The van der Waals surface area contributed by atoms with E-state index in [1.54, 1.807) is 0 Å². The van der Waals surface area contributed by atoms with Crippen LogP contribution in [0.25, 0.3) is 4.96 Å². The molecule has 0 N–H and O–H groups in total. The summed E-state index contributed by atoms with van der Waals surface area (Å²) in [4.78, 5) is 17.2. The van der Waals surface area contributed by atoms with E-state index in [-0.39, 0.29) is 12.2 Å². The minimum absolute atomic E-state index is 0.166. The van der Waals surface area contributed by atoms with E-state index in [4.69, 9.17) is 4.74 Å². The normalized spacial score (nSPS) is 11.0. The molecule has 0 saturated heterocycles. The zero-order valence-corrected chi connectivity index (χ0v) is 13.6. The summed E-state index contributed by atoms with van der Waals surface area (Å²) in [5.41, 5.74) is 2.74. The van der Waals surface area contributed by atoms with Crippen molar-refractivity contribution < 1.29 is 4.74 Å². The molecule has 2 aromatic heterocycles. The van der Waals surface area contributed by atoms with Crippen LogP contribution in [0.1, 0.15) is 28.8 Å². The Morgan fingerprint density at radius 2 is 2.14 bits per heavy atom. The maximum Gasteiger partial charge on any atom is 0.275 e. The van der Waals surface area contributed by atoms with Crippen LogP contribution in [-0.2, 0) is 13.0 Å². The van der Waals surface area contributed by atoms with Crippen LogP contribution in [0, 0.1) is 13.8 Å². The summed E-state index contributed by atoms with van der Waals surface area (Å²) in [6, 6.07) is 7.41. The highest BCUT2D eigenvalue weighted by molar-refractivity contribution is 7.16. The van der Waals surface area contributed by atoms with E-state index < -0.39 is 0 Å². The van der Waals surface area contributed by atoms with Crippen molar-refractivity contribution in [3.8, 4) is 5.75 Å². The van der Waals surface area contributed by atoms with Gasteiger partial charge in [-0.2, -0.15) is 9.61 Å². The topological polar surface area (TPSA) is 56.5 Å². The standard InChI is InChI=1S/C16H17N3O2S/c1-4-14-18-19-15(20)8-12(17-16(19)22-14)9-21-13-7-5-6-10(2)11(13)3/h5-8H,4,9H2,1-3H3. The molecule has 0 amide bonds. The van der Waals surface area contributed by atoms with Gasteiger partial charge in [0, 0.05) is 6.07 Å². The van der Waals surface area contributed by atoms with Crippen molar-refractivity contribution in [2.24, 2.45) is 0 Å². The lowest BCUT2D eigenvalue weighted by Gasteiger charge is -2.10. The van der Waals surface area contributed by atoms with Crippen molar-refractivity contribution in [3.63, 3.8) is 0 Å². The predicted octanol–water partition coefficient (Wildman–Crippen LogP) is 2.91. The fraction of sp³-hybridized carbons (Fsp3) is 0.312. The third-order valence-corrected chi connectivity index (χ3v) is 4.63. The number of hydrogen-bond donors (Lipinski definition) is 0. The molecule has 0 radical (unpaired) electrons. The second-order valence-electron chi connectivity index (χ2n) is 5.12. The zero-order chi connectivity index (χ0) is 15.7. The zero-order valence-electron chi connectivity index (χ0n) is 12.8. The largest absolute Gasteiger partial charge is 0.487 e. The Bertz CT molecular complexity index is 883. The number of hydrogen-bond acceptors (Lipinski definition) is 5. The molecule has 0 atom stereocenters. The van der Waals surface area contributed by atoms with Gasteiger partial charge in [-0.1, -0.05) is 30.4 Å². The summed E-state index contributed by atoms with van der Waals surface area (Å²) in [7, 11) is 0. The molecule has 2 heterocycles. The number of aromatic nitrogens is 3. The Labute approximate surface area is 132 Å². The second kappa shape index (κ2) is 5.88. The van der Waals surface area contributed by atoms with E-state index in [0.717, 1.165) is 22.7 Å². The molecule has 0 bridgehead atoms. The van der Waals surface area contributed by atoms with Crippen LogP contribution >= 0.6 is 11.3 Å². The number of fused-ring (bicyclic) bond motifs is 1. The molecule has 3 rings (SSSR count). The summed E-state index contributed by atoms with van der Waals surface area (Å²) < 4.78 is 7.17. The molecule has 0 aliphatic carbocycles. The molecule has 1 aromatic carbocycles. The van der Waals surface area contributed by atoms with Gasteiger partial charge in [-0.25, -0.2) is 4.98 Å². The lowest BCUT2D eigenvalue weighted by atomic mass is 10.1. The first-order chi connectivity index (χ1) is 10.6. The Kier molecular flexibility index (Phi) is 3.94. The van der Waals surface area contributed by atoms with Gasteiger partial charge in [0.1, 0.15) is 17.4 Å².